The molecule has 4 unspecified atom stereocenters. The summed E-state index contributed by atoms with van der Waals surface area (Å²) in [5.74, 6) is 6.48. The summed E-state index contributed by atoms with van der Waals surface area (Å²) in [4.78, 5) is 102. The molecule has 0 radical (unpaired) electrons. The van der Waals surface area contributed by atoms with E-state index in [-0.39, 0.29) is 34.5 Å². The number of halogens is 1. The zero-order valence-corrected chi connectivity index (χ0v) is 60.0. The highest BCUT2D eigenvalue weighted by atomic mass is 79.9. The van der Waals surface area contributed by atoms with Gasteiger partial charge in [0.2, 0.25) is 23.6 Å². The van der Waals surface area contributed by atoms with Crippen molar-refractivity contribution >= 4 is 84.6 Å². The predicted molar refractivity (Wildman–Crippen MR) is 388 cm³/mol. The Morgan fingerprint density at radius 2 is 0.808 bits per heavy atom. The summed E-state index contributed by atoms with van der Waals surface area (Å²) in [6.45, 7) is 14.2. The molecule has 4 fully saturated rings. The molecule has 1 N–H and O–H groups in total. The molecule has 4 aromatic carbocycles. The summed E-state index contributed by atoms with van der Waals surface area (Å²) in [6.07, 6.45) is 24.1. The summed E-state index contributed by atoms with van der Waals surface area (Å²) >= 11 is 3.48. The van der Waals surface area contributed by atoms with Crippen LogP contribution in [-0.2, 0) is 54.9 Å². The van der Waals surface area contributed by atoms with Crippen molar-refractivity contribution in [1.82, 2.24) is 59.0 Å². The molecular weight excluding hydrogens is 1300 g/mol. The normalized spacial score (nSPS) is 22.5. The lowest BCUT2D eigenvalue weighted by atomic mass is 9.78. The fourth-order valence-corrected chi connectivity index (χ4v) is 16.2. The third-order valence-electron chi connectivity index (χ3n) is 22.2. The standard InChI is InChI=1S/2C25H25N7O.C15H19NO.C13H14BrNO/c2*1-14-26-11-17(12-27-14)22-30-21-20(28-13-29-23(21)32(22)4)16-7-8-19-18(9-16)25(2,10-15-5-6-15)24(33)31(19)3;1-10-4-7-13-12(8-10)15(2,9-11-5-6-11)14(17)16(13)3;1-13(7-8-2-3-8)10-6-9(14)4-5-11(10)15-12(13)16/h2*7-9,11-13,15H,5-6,10H2,1-4H3;4,7-8,11H,5-6,9H2,1-3H3;4-6,8H,2-3,7H2,1H3,(H,15,16). The molecule has 4 aliphatic carbocycles. The van der Waals surface area contributed by atoms with Crippen LogP contribution >= 0.6 is 15.9 Å². The van der Waals surface area contributed by atoms with Crippen molar-refractivity contribution < 1.29 is 19.2 Å². The van der Waals surface area contributed by atoms with Gasteiger partial charge >= 0.3 is 0 Å². The number of anilines is 4. The molecule has 20 nitrogen and oxygen atoms in total. The Bertz CT molecular complexity index is 4740. The van der Waals surface area contributed by atoms with Crippen molar-refractivity contribution in [3.8, 4) is 45.3 Å². The van der Waals surface area contributed by atoms with Crippen LogP contribution in [0.4, 0.5) is 22.7 Å². The molecule has 18 rings (SSSR count). The molecule has 4 aliphatic heterocycles. The van der Waals surface area contributed by atoms with Crippen LogP contribution in [0, 0.1) is 44.4 Å². The maximum Gasteiger partial charge on any atom is 0.237 e. The Balaban J connectivity index is 0.000000113. The molecule has 0 bridgehead atoms. The molecule has 10 heterocycles. The number of carbonyl (C=O) groups excluding carboxylic acids is 4. The first kappa shape index (κ1) is 65.4. The first-order chi connectivity index (χ1) is 47.3. The van der Waals surface area contributed by atoms with Crippen LogP contribution in [0.25, 0.3) is 67.6 Å². The minimum atomic E-state index is -0.498. The van der Waals surface area contributed by atoms with Gasteiger partial charge in [-0.2, -0.15) is 0 Å². The second-order valence-electron chi connectivity index (χ2n) is 30.0. The van der Waals surface area contributed by atoms with Crippen LogP contribution < -0.4 is 20.0 Å². The van der Waals surface area contributed by atoms with E-state index in [0.29, 0.717) is 23.5 Å². The van der Waals surface area contributed by atoms with Crippen molar-refractivity contribution in [3.63, 3.8) is 0 Å². The summed E-state index contributed by atoms with van der Waals surface area (Å²) in [7, 11) is 9.51. The maximum atomic E-state index is 13.2. The van der Waals surface area contributed by atoms with E-state index in [2.05, 4.69) is 132 Å². The highest BCUT2D eigenvalue weighted by molar-refractivity contribution is 9.10. The molecule has 6 aromatic heterocycles. The van der Waals surface area contributed by atoms with E-state index in [1.807, 2.05) is 99.5 Å². The van der Waals surface area contributed by atoms with Gasteiger partial charge in [0, 0.05) is 98.4 Å². The number of benzene rings is 4. The summed E-state index contributed by atoms with van der Waals surface area (Å²) in [5, 5.41) is 2.99. The first-order valence-electron chi connectivity index (χ1n) is 34.6. The van der Waals surface area contributed by atoms with Gasteiger partial charge in [-0.05, 0) is 169 Å². The number of nitrogens with zero attached hydrogens (tertiary/aromatic N) is 15. The molecule has 506 valence electrons. The van der Waals surface area contributed by atoms with Gasteiger partial charge in [0.25, 0.3) is 0 Å². The number of fused-ring (bicyclic) bond motifs is 6. The summed E-state index contributed by atoms with van der Waals surface area (Å²) in [6, 6.07) is 24.8. The van der Waals surface area contributed by atoms with Crippen molar-refractivity contribution in [2.45, 2.75) is 147 Å². The smallest absolute Gasteiger partial charge is 0.237 e. The fourth-order valence-electron chi connectivity index (χ4n) is 15.8. The van der Waals surface area contributed by atoms with Gasteiger partial charge in [-0.3, -0.25) is 19.2 Å². The molecule has 4 amide bonds. The van der Waals surface area contributed by atoms with Gasteiger partial charge in [0.1, 0.15) is 58.4 Å². The highest BCUT2D eigenvalue weighted by Crippen LogP contribution is 2.54. The lowest BCUT2D eigenvalue weighted by Gasteiger charge is -2.23. The second-order valence-corrected chi connectivity index (χ2v) is 30.9. The van der Waals surface area contributed by atoms with Gasteiger partial charge in [-0.25, -0.2) is 49.8 Å². The molecule has 0 spiro atoms. The number of hydrogen-bond donors (Lipinski definition) is 1. The third-order valence-corrected chi connectivity index (χ3v) is 22.7. The van der Waals surface area contributed by atoms with Crippen LogP contribution in [-0.4, -0.2) is 104 Å². The lowest BCUT2D eigenvalue weighted by Crippen LogP contribution is -2.36. The van der Waals surface area contributed by atoms with Crippen molar-refractivity contribution in [2.75, 3.05) is 41.2 Å². The number of amides is 4. The van der Waals surface area contributed by atoms with Crippen LogP contribution in [0.15, 0.2) is 115 Å². The molecule has 21 heteroatoms. The van der Waals surface area contributed by atoms with E-state index in [1.54, 1.807) is 47.2 Å². The van der Waals surface area contributed by atoms with Crippen molar-refractivity contribution in [1.29, 1.82) is 0 Å². The number of aromatic nitrogens is 12. The molecule has 8 aliphatic rings. The predicted octanol–water partition coefficient (Wildman–Crippen LogP) is 14.1. The van der Waals surface area contributed by atoms with Gasteiger partial charge in [0.15, 0.2) is 11.3 Å². The molecule has 99 heavy (non-hydrogen) atoms. The van der Waals surface area contributed by atoms with E-state index in [1.165, 1.54) is 62.5 Å². The van der Waals surface area contributed by atoms with Crippen LogP contribution in [0.2, 0.25) is 0 Å². The van der Waals surface area contributed by atoms with Crippen LogP contribution in [0.5, 0.6) is 0 Å². The zero-order chi connectivity index (χ0) is 69.4. The topological polar surface area (TPSA) is 229 Å². The average molecular weight is 1390 g/mol. The van der Waals surface area contributed by atoms with E-state index < -0.39 is 10.8 Å². The SMILES string of the molecule is CC1(CC2CC2)C(=O)Nc2ccc(Br)cc21.Cc1ccc2c(c1)C(C)(CC1CC1)C(=O)N2C.Cc1ncc(-c2nc3c(-c4ccc5c(c4)C(C)(CC4CC4)C(=O)N5C)ncnc3n2C)cn1.Cc1ncc(-c2nc3c(-c4ccc5c(c4)C(C)(CC4CC4)C(=O)N5C)ncnc3n2C)cn1. The largest absolute Gasteiger partial charge is 0.325 e. The Kier molecular flexibility index (Phi) is 16.2. The van der Waals surface area contributed by atoms with E-state index in [4.69, 9.17) is 9.97 Å². The quantitative estimate of drug-likeness (QED) is 0.120. The number of imidazole rings is 2. The third kappa shape index (κ3) is 11.6. The average Bonchev–Trinajstić information content (AvgIpc) is 1.58. The van der Waals surface area contributed by atoms with Gasteiger partial charge in [0.05, 0.1) is 32.8 Å². The zero-order valence-electron chi connectivity index (χ0n) is 58.4. The molecule has 10 aromatic rings. The highest BCUT2D eigenvalue weighted by Gasteiger charge is 2.52. The summed E-state index contributed by atoms with van der Waals surface area (Å²) < 4.78 is 4.93. The number of nitrogens with one attached hydrogen (secondary N) is 1. The minimum absolute atomic E-state index is 0.160. The van der Waals surface area contributed by atoms with Crippen molar-refractivity contribution in [3.05, 3.63) is 154 Å². The van der Waals surface area contributed by atoms with E-state index in [0.717, 1.165) is 149 Å². The summed E-state index contributed by atoms with van der Waals surface area (Å²) in [5.41, 5.74) is 16.2. The number of hydrogen-bond acceptors (Lipinski definition) is 14. The Hall–Kier alpha value is -9.50. The van der Waals surface area contributed by atoms with Gasteiger partial charge in [-0.15, -0.1) is 0 Å². The van der Waals surface area contributed by atoms with E-state index in [9.17, 15) is 19.2 Å². The maximum absolute atomic E-state index is 13.2. The Morgan fingerprint density at radius 1 is 0.434 bits per heavy atom. The van der Waals surface area contributed by atoms with Crippen LogP contribution in [0.1, 0.15) is 144 Å². The van der Waals surface area contributed by atoms with Gasteiger partial charge in [-0.1, -0.05) is 97.1 Å². The first-order valence-corrected chi connectivity index (χ1v) is 35.4. The number of likely N-dealkylation sites (N-methyl/N-ethyl adjacent to an activating group) is 3. The Morgan fingerprint density at radius 3 is 1.20 bits per heavy atom. The fraction of sp³-hybridized carbons (Fsp3) is 0.410. The lowest BCUT2D eigenvalue weighted by molar-refractivity contribution is -0.123. The molecule has 4 atom stereocenters. The minimum Gasteiger partial charge on any atom is -0.325 e. The molecular formula is C78H83BrN16O4. The molecule has 4 saturated carbocycles. The number of rotatable bonds is 12. The Labute approximate surface area is 585 Å². The monoisotopic (exact) mass is 1390 g/mol. The van der Waals surface area contributed by atoms with Crippen LogP contribution in [0.3, 0.4) is 0 Å². The van der Waals surface area contributed by atoms with E-state index >= 15 is 0 Å². The molecule has 0 saturated heterocycles. The van der Waals surface area contributed by atoms with Gasteiger partial charge < -0.3 is 29.2 Å². The second kappa shape index (κ2) is 24.4. The number of aryl methyl sites for hydroxylation is 5. The van der Waals surface area contributed by atoms with Crippen molar-refractivity contribution in [2.24, 2.45) is 37.8 Å². The number of carbonyl (C=O) groups is 4.